The molecule has 6 heteroatoms. The zero-order valence-electron chi connectivity index (χ0n) is 7.10. The van der Waals surface area contributed by atoms with Crippen LogP contribution >= 0.6 is 0 Å². The predicted molar refractivity (Wildman–Crippen MR) is 50.0 cm³/mol. The van der Waals surface area contributed by atoms with E-state index in [1.807, 2.05) is 0 Å². The van der Waals surface area contributed by atoms with Crippen molar-refractivity contribution in [1.82, 2.24) is 4.90 Å². The van der Waals surface area contributed by atoms with Crippen molar-refractivity contribution in [3.05, 3.63) is 0 Å². The molecule has 13 heavy (non-hydrogen) atoms. The second kappa shape index (κ2) is 8.93. The second-order valence-electron chi connectivity index (χ2n) is 2.50. The fourth-order valence-corrected chi connectivity index (χ4v) is 0.912. The van der Waals surface area contributed by atoms with Gasteiger partial charge in [-0.25, -0.2) is 0 Å². The van der Waals surface area contributed by atoms with Gasteiger partial charge in [-0.2, -0.15) is 0 Å². The van der Waals surface area contributed by atoms with E-state index in [2.05, 4.69) is 0 Å². The molecule has 5 nitrogen and oxygen atoms in total. The van der Waals surface area contributed by atoms with Crippen LogP contribution in [0.3, 0.4) is 0 Å². The number of carboxylic acid groups (broad SMARTS) is 1. The summed E-state index contributed by atoms with van der Waals surface area (Å²) in [7, 11) is 0. The monoisotopic (exact) mass is 201 g/mol. The molecule has 0 unspecified atom stereocenters. The Kier molecular flexibility index (Phi) is 10.9. The molecule has 0 saturated carbocycles. The third kappa shape index (κ3) is 6.42. The van der Waals surface area contributed by atoms with Crippen LogP contribution < -0.4 is 0 Å². The van der Waals surface area contributed by atoms with Crippen molar-refractivity contribution in [2.24, 2.45) is 0 Å². The Bertz CT molecular complexity index is 138. The Balaban J connectivity index is 0. The van der Waals surface area contributed by atoms with E-state index in [1.165, 1.54) is 11.8 Å². The number of aliphatic carboxylic acids is 1. The molecule has 0 spiro atoms. The van der Waals surface area contributed by atoms with E-state index in [0.717, 1.165) is 0 Å². The van der Waals surface area contributed by atoms with Gasteiger partial charge in [0.1, 0.15) is 6.04 Å². The third-order valence-corrected chi connectivity index (χ3v) is 1.68. The van der Waals surface area contributed by atoms with Gasteiger partial charge in [0.05, 0.1) is 13.2 Å². The summed E-state index contributed by atoms with van der Waals surface area (Å²) in [6.07, 6.45) is 0. The van der Waals surface area contributed by atoms with Gasteiger partial charge in [-0.15, -0.1) is 0 Å². The Hall–Kier alpha value is 0.350. The van der Waals surface area contributed by atoms with Gasteiger partial charge < -0.3 is 15.3 Å². The maximum atomic E-state index is 10.5. The van der Waals surface area contributed by atoms with E-state index in [1.54, 1.807) is 0 Å². The summed E-state index contributed by atoms with van der Waals surface area (Å²) in [5.74, 6) is -0.947. The summed E-state index contributed by atoms with van der Waals surface area (Å²) < 4.78 is 0. The maximum absolute atomic E-state index is 10.5. The fourth-order valence-electron chi connectivity index (χ4n) is 0.912. The molecule has 3 N–H and O–H groups in total. The topological polar surface area (TPSA) is 81.0 Å². The Morgan fingerprint density at radius 3 is 1.92 bits per heavy atom. The minimum absolute atomic E-state index is 0. The molecule has 0 heterocycles. The van der Waals surface area contributed by atoms with Crippen molar-refractivity contribution in [1.29, 1.82) is 0 Å². The van der Waals surface area contributed by atoms with Gasteiger partial charge in [0.25, 0.3) is 0 Å². The van der Waals surface area contributed by atoms with E-state index < -0.39 is 12.0 Å². The standard InChI is InChI=1S/C7H15NO4.Na.H/c1-6(7(11)12)8(2-4-9)3-5-10;;/h6,9-10H,2-5H2,1H3,(H,11,12);;/t6-;;/m0../s1. The van der Waals surface area contributed by atoms with E-state index in [4.69, 9.17) is 15.3 Å². The van der Waals surface area contributed by atoms with Crippen LogP contribution in [0.15, 0.2) is 0 Å². The number of carboxylic acids is 1. The first-order valence-electron chi connectivity index (χ1n) is 3.82. The number of aliphatic hydroxyl groups excluding tert-OH is 2. The molecule has 0 aromatic heterocycles. The summed E-state index contributed by atoms with van der Waals surface area (Å²) in [5.41, 5.74) is 0. The predicted octanol–water partition coefficient (Wildman–Crippen LogP) is -1.90. The van der Waals surface area contributed by atoms with Crippen molar-refractivity contribution in [3.8, 4) is 0 Å². The van der Waals surface area contributed by atoms with Crippen molar-refractivity contribution in [2.75, 3.05) is 26.3 Å². The van der Waals surface area contributed by atoms with Crippen molar-refractivity contribution in [2.45, 2.75) is 13.0 Å². The third-order valence-electron chi connectivity index (χ3n) is 1.68. The molecule has 74 valence electrons. The quantitative estimate of drug-likeness (QED) is 0.437. The normalized spacial score (nSPS) is 12.3. The van der Waals surface area contributed by atoms with Crippen LogP contribution in [0.4, 0.5) is 0 Å². The molecule has 0 aliphatic carbocycles. The minimum atomic E-state index is -0.947. The Morgan fingerprint density at radius 2 is 1.69 bits per heavy atom. The fraction of sp³-hybridized carbons (Fsp3) is 0.857. The van der Waals surface area contributed by atoms with Gasteiger partial charge in [-0.05, 0) is 6.92 Å². The molecular formula is C7H16NNaO4. The average Bonchev–Trinajstić information content (AvgIpc) is 2.03. The molecule has 0 aliphatic heterocycles. The van der Waals surface area contributed by atoms with E-state index in [-0.39, 0.29) is 55.9 Å². The summed E-state index contributed by atoms with van der Waals surface area (Å²) in [6.45, 7) is 1.87. The number of nitrogens with zero attached hydrogens (tertiary/aromatic N) is 1. The number of hydrogen-bond acceptors (Lipinski definition) is 4. The zero-order chi connectivity index (χ0) is 9.56. The van der Waals surface area contributed by atoms with Gasteiger partial charge in [0.2, 0.25) is 0 Å². The van der Waals surface area contributed by atoms with Crippen molar-refractivity contribution < 1.29 is 20.1 Å². The van der Waals surface area contributed by atoms with Crippen LogP contribution in [0.5, 0.6) is 0 Å². The van der Waals surface area contributed by atoms with Gasteiger partial charge >= 0.3 is 35.5 Å². The van der Waals surface area contributed by atoms with Gasteiger partial charge in [-0.3, -0.25) is 9.69 Å². The first-order chi connectivity index (χ1) is 5.63. The van der Waals surface area contributed by atoms with Gasteiger partial charge in [0.15, 0.2) is 0 Å². The molecule has 0 aliphatic rings. The molecule has 0 saturated heterocycles. The molecule has 0 radical (unpaired) electrons. The molecule has 0 amide bonds. The number of rotatable bonds is 6. The van der Waals surface area contributed by atoms with Gasteiger partial charge in [0, 0.05) is 13.1 Å². The molecule has 0 fully saturated rings. The van der Waals surface area contributed by atoms with Crippen LogP contribution in [-0.4, -0.2) is 88.1 Å². The Morgan fingerprint density at radius 1 is 1.31 bits per heavy atom. The van der Waals surface area contributed by atoms with Crippen LogP contribution in [0.25, 0.3) is 0 Å². The molecule has 0 aromatic rings. The molecule has 0 aromatic carbocycles. The zero-order valence-corrected chi connectivity index (χ0v) is 7.10. The summed E-state index contributed by atoms with van der Waals surface area (Å²) in [6, 6.07) is -0.663. The second-order valence-corrected chi connectivity index (χ2v) is 2.50. The molecule has 0 bridgehead atoms. The first kappa shape index (κ1) is 15.8. The summed E-state index contributed by atoms with van der Waals surface area (Å²) in [5, 5.41) is 25.8. The number of aliphatic hydroxyl groups is 2. The molecular weight excluding hydrogens is 185 g/mol. The van der Waals surface area contributed by atoms with Crippen LogP contribution in [0.1, 0.15) is 6.92 Å². The van der Waals surface area contributed by atoms with Crippen molar-refractivity contribution >= 4 is 35.5 Å². The number of carbonyl (C=O) groups is 1. The SMILES string of the molecule is C[C@@H](C(=O)O)N(CCO)CCO.[NaH]. The Labute approximate surface area is 99.6 Å². The first-order valence-corrected chi connectivity index (χ1v) is 3.82. The molecule has 0 rings (SSSR count). The molecule has 1 atom stereocenters. The van der Waals surface area contributed by atoms with Crippen LogP contribution in [0.2, 0.25) is 0 Å². The van der Waals surface area contributed by atoms with Crippen LogP contribution in [0, 0.1) is 0 Å². The number of hydrogen-bond donors (Lipinski definition) is 3. The average molecular weight is 201 g/mol. The van der Waals surface area contributed by atoms with E-state index in [0.29, 0.717) is 0 Å². The van der Waals surface area contributed by atoms with E-state index >= 15 is 0 Å². The summed E-state index contributed by atoms with van der Waals surface area (Å²) in [4.78, 5) is 12.0. The van der Waals surface area contributed by atoms with Crippen molar-refractivity contribution in [3.63, 3.8) is 0 Å². The van der Waals surface area contributed by atoms with E-state index in [9.17, 15) is 4.79 Å². The van der Waals surface area contributed by atoms with Crippen LogP contribution in [-0.2, 0) is 4.79 Å². The summed E-state index contributed by atoms with van der Waals surface area (Å²) >= 11 is 0. The van der Waals surface area contributed by atoms with Gasteiger partial charge in [-0.1, -0.05) is 0 Å².